The Balaban J connectivity index is 1.29. The van der Waals surface area contributed by atoms with Crippen molar-refractivity contribution in [3.05, 3.63) is 88.8 Å². The molecule has 372 valence electrons. The van der Waals surface area contributed by atoms with Crippen LogP contribution in [0.4, 0.5) is 26.7 Å². The Morgan fingerprint density at radius 2 is 1.52 bits per heavy atom. The van der Waals surface area contributed by atoms with Gasteiger partial charge in [-0.3, -0.25) is 29.0 Å². The number of nitrogens with zero attached hydrogens (tertiary/aromatic N) is 3. The summed E-state index contributed by atoms with van der Waals surface area (Å²) in [7, 11) is 0. The first kappa shape index (κ1) is 54.3. The van der Waals surface area contributed by atoms with Crippen molar-refractivity contribution in [3.63, 3.8) is 0 Å². The molecule has 8 amide bonds. The second-order valence-corrected chi connectivity index (χ2v) is 17.3. The van der Waals surface area contributed by atoms with Crippen LogP contribution in [-0.2, 0) is 37.1 Å². The van der Waals surface area contributed by atoms with Crippen molar-refractivity contribution in [1.82, 2.24) is 31.2 Å². The van der Waals surface area contributed by atoms with Crippen LogP contribution in [0.25, 0.3) is 6.08 Å². The maximum Gasteiger partial charge on any atom is 0.407 e. The van der Waals surface area contributed by atoms with Gasteiger partial charge in [-0.2, -0.15) is 0 Å². The van der Waals surface area contributed by atoms with Gasteiger partial charge in [0.2, 0.25) is 23.6 Å². The van der Waals surface area contributed by atoms with E-state index in [1.165, 1.54) is 6.20 Å². The summed E-state index contributed by atoms with van der Waals surface area (Å²) >= 11 is 0. The van der Waals surface area contributed by atoms with Gasteiger partial charge >= 0.3 is 12.1 Å². The van der Waals surface area contributed by atoms with Gasteiger partial charge in [0.1, 0.15) is 24.5 Å². The molecule has 2 aromatic carbocycles. The van der Waals surface area contributed by atoms with Gasteiger partial charge in [0.05, 0.1) is 17.6 Å². The number of anilines is 2. The van der Waals surface area contributed by atoms with E-state index in [0.717, 1.165) is 38.5 Å². The number of nitrogens with two attached hydrogens (primary N) is 2. The molecule has 2 atom stereocenters. The summed E-state index contributed by atoms with van der Waals surface area (Å²) in [6.45, 7) is 11.2. The summed E-state index contributed by atoms with van der Waals surface area (Å²) in [4.78, 5) is 101. The van der Waals surface area contributed by atoms with Crippen LogP contribution in [0, 0.1) is 5.92 Å². The quantitative estimate of drug-likeness (QED) is 0.0424. The van der Waals surface area contributed by atoms with Crippen LogP contribution in [0.2, 0.25) is 0 Å². The van der Waals surface area contributed by atoms with Crippen molar-refractivity contribution in [3.8, 4) is 0 Å². The number of amidine groups is 1. The number of alkyl carbamates (subject to hydrolysis) is 1. The molecule has 0 saturated heterocycles. The van der Waals surface area contributed by atoms with Gasteiger partial charge in [-0.25, -0.2) is 14.6 Å². The number of hydrogen-bond acceptors (Lipinski definition) is 11. The average molecular weight is 952 g/mol. The van der Waals surface area contributed by atoms with E-state index < -0.39 is 41.9 Å². The molecular formula is C50H69N11O8. The molecule has 1 aliphatic rings. The zero-order valence-electron chi connectivity index (χ0n) is 40.5. The van der Waals surface area contributed by atoms with E-state index >= 15 is 0 Å². The number of aromatic nitrogens is 1. The number of hydrogen-bond donors (Lipinski definition) is 8. The lowest BCUT2D eigenvalue weighted by molar-refractivity contribution is -0.132. The van der Waals surface area contributed by atoms with Crippen LogP contribution in [0.15, 0.2) is 71.5 Å². The minimum Gasteiger partial charge on any atom is -0.445 e. The number of benzene rings is 2. The third kappa shape index (κ3) is 18.4. The summed E-state index contributed by atoms with van der Waals surface area (Å²) < 4.78 is 5.41. The molecule has 0 spiro atoms. The van der Waals surface area contributed by atoms with Crippen molar-refractivity contribution in [2.45, 2.75) is 124 Å². The number of nitrogens with one attached hydrogen (secondary N) is 6. The smallest absolute Gasteiger partial charge is 0.407 e. The lowest BCUT2D eigenvalue weighted by Crippen LogP contribution is -2.54. The third-order valence-corrected chi connectivity index (χ3v) is 11.0. The zero-order chi connectivity index (χ0) is 50.3. The number of pyridine rings is 1. The minimum absolute atomic E-state index is 0.0499. The molecule has 1 aromatic heterocycles. The summed E-state index contributed by atoms with van der Waals surface area (Å²) in [5.41, 5.74) is 15.5. The predicted octanol–water partition coefficient (Wildman–Crippen LogP) is 6.17. The Morgan fingerprint density at radius 3 is 2.20 bits per heavy atom. The van der Waals surface area contributed by atoms with Gasteiger partial charge in [0.25, 0.3) is 5.91 Å². The fraction of sp³-hybridized carbons (Fsp3) is 0.460. The Labute approximate surface area is 404 Å². The van der Waals surface area contributed by atoms with E-state index in [-0.39, 0.29) is 56.1 Å². The number of ether oxygens (including phenoxy) is 1. The van der Waals surface area contributed by atoms with Gasteiger partial charge in [-0.05, 0) is 85.6 Å². The number of fused-ring (bicyclic) bond motifs is 1. The first-order valence-corrected chi connectivity index (χ1v) is 23.8. The van der Waals surface area contributed by atoms with Gasteiger partial charge in [0, 0.05) is 67.6 Å². The molecule has 2 heterocycles. The maximum absolute atomic E-state index is 13.5. The Morgan fingerprint density at radius 1 is 0.783 bits per heavy atom. The molecule has 19 heteroatoms. The molecule has 0 saturated carbocycles. The number of carbonyl (C=O) groups excluding carboxylic acids is 7. The van der Waals surface area contributed by atoms with E-state index in [1.807, 2.05) is 32.6 Å². The van der Waals surface area contributed by atoms with Crippen molar-refractivity contribution in [2.75, 3.05) is 30.3 Å². The highest BCUT2D eigenvalue weighted by atomic mass is 16.5. The van der Waals surface area contributed by atoms with Crippen molar-refractivity contribution < 1.29 is 38.3 Å². The van der Waals surface area contributed by atoms with E-state index in [0.29, 0.717) is 70.8 Å². The standard InChI is InChI=1S/C50H69N11O8/c1-6-9-10-11-14-43(62)60-44(32(4)5)47(65)59-40(13-12-21-54-49(52)67)46(64)56-38-19-15-33(16-20-38)31-69-50(68)55-29-34-24-39(30-53-28-34)57-45(63)36-18-17-35-25-37(27-42(51)58-41(35)26-36)48(66)61(22-7-2)23-8-3/h15-20,24-26,28,30,32,40,44H,6-14,21-23,27,29,31H2,1-5H3,(H2,51,58)(H,55,68)(H,56,64)(H,57,63)(H,59,65)(H,60,62)(H3,52,54,67). The molecule has 10 N–H and O–H groups in total. The Hall–Kier alpha value is -7.31. The van der Waals surface area contributed by atoms with E-state index in [1.54, 1.807) is 60.8 Å². The van der Waals surface area contributed by atoms with Crippen molar-refractivity contribution >= 4 is 70.6 Å². The number of urea groups is 1. The zero-order valence-corrected chi connectivity index (χ0v) is 40.5. The van der Waals surface area contributed by atoms with Crippen LogP contribution >= 0.6 is 0 Å². The summed E-state index contributed by atoms with van der Waals surface area (Å²) in [5.74, 6) is -1.71. The maximum atomic E-state index is 13.5. The number of amides is 8. The van der Waals surface area contributed by atoms with Crippen LogP contribution in [-0.4, -0.2) is 89.1 Å². The van der Waals surface area contributed by atoms with Crippen LogP contribution in [0.1, 0.15) is 126 Å². The average Bonchev–Trinajstić information content (AvgIpc) is 3.49. The Bertz CT molecular complexity index is 2310. The molecule has 2 unspecified atom stereocenters. The second kappa shape index (κ2) is 28.1. The number of rotatable bonds is 26. The molecule has 0 radical (unpaired) electrons. The molecule has 0 fully saturated rings. The van der Waals surface area contributed by atoms with E-state index in [9.17, 15) is 33.6 Å². The lowest BCUT2D eigenvalue weighted by Gasteiger charge is -2.25. The summed E-state index contributed by atoms with van der Waals surface area (Å²) in [5, 5.41) is 16.4. The molecule has 69 heavy (non-hydrogen) atoms. The molecule has 1 aliphatic heterocycles. The number of unbranched alkanes of at least 4 members (excludes halogenated alkanes) is 3. The summed E-state index contributed by atoms with van der Waals surface area (Å²) in [6.07, 6.45) is 10.5. The molecule has 3 aromatic rings. The first-order valence-electron chi connectivity index (χ1n) is 23.8. The highest BCUT2D eigenvalue weighted by Crippen LogP contribution is 2.29. The van der Waals surface area contributed by atoms with Crippen LogP contribution < -0.4 is 43.4 Å². The second-order valence-electron chi connectivity index (χ2n) is 17.3. The minimum atomic E-state index is -0.998. The fourth-order valence-corrected chi connectivity index (χ4v) is 7.41. The molecule has 4 rings (SSSR count). The molecule has 0 bridgehead atoms. The number of aliphatic imine (C=N–C) groups is 1. The van der Waals surface area contributed by atoms with Crippen molar-refractivity contribution in [2.24, 2.45) is 22.4 Å². The van der Waals surface area contributed by atoms with Gasteiger partial charge in [-0.15, -0.1) is 0 Å². The van der Waals surface area contributed by atoms with Crippen LogP contribution in [0.3, 0.4) is 0 Å². The SMILES string of the molecule is CCCCCCC(=O)NC(C(=O)NC(CCCNC(N)=O)C(=O)Nc1ccc(COC(=O)NCc2cncc(NC(=O)c3ccc4c(c3)N=C(N)CC(C(=O)N(CCC)CCC)=C4)c2)cc1)C(C)C. The summed E-state index contributed by atoms with van der Waals surface area (Å²) in [6, 6.07) is 10.7. The highest BCUT2D eigenvalue weighted by Gasteiger charge is 2.29. The topological polar surface area (TPSA) is 281 Å². The largest absolute Gasteiger partial charge is 0.445 e. The van der Waals surface area contributed by atoms with Gasteiger partial charge in [-0.1, -0.05) is 72.1 Å². The molecule has 19 nitrogen and oxygen atoms in total. The first-order chi connectivity index (χ1) is 33.1. The third-order valence-electron chi connectivity index (χ3n) is 11.0. The fourth-order valence-electron chi connectivity index (χ4n) is 7.41. The highest BCUT2D eigenvalue weighted by molar-refractivity contribution is 6.08. The van der Waals surface area contributed by atoms with Gasteiger partial charge in [0.15, 0.2) is 0 Å². The molecule has 0 aliphatic carbocycles. The van der Waals surface area contributed by atoms with E-state index in [2.05, 4.69) is 48.8 Å². The Kier molecular flexibility index (Phi) is 22.1. The predicted molar refractivity (Wildman–Crippen MR) is 266 cm³/mol. The monoisotopic (exact) mass is 952 g/mol. The van der Waals surface area contributed by atoms with Crippen molar-refractivity contribution in [1.29, 1.82) is 0 Å². The van der Waals surface area contributed by atoms with Crippen LogP contribution in [0.5, 0.6) is 0 Å². The van der Waals surface area contributed by atoms with Gasteiger partial charge < -0.3 is 53.0 Å². The normalized spacial score (nSPS) is 12.7. The van der Waals surface area contributed by atoms with E-state index in [4.69, 9.17) is 16.2 Å². The number of primary amides is 1. The molecular weight excluding hydrogens is 883 g/mol. The lowest BCUT2D eigenvalue weighted by atomic mass is 10.0. The number of carbonyl (C=O) groups is 7.